The van der Waals surface area contributed by atoms with Gasteiger partial charge in [0.05, 0.1) is 11.0 Å². The molecule has 226 valence electrons. The predicted molar refractivity (Wildman–Crippen MR) is 159 cm³/mol. The van der Waals surface area contributed by atoms with Crippen molar-refractivity contribution in [3.05, 3.63) is 23.3 Å². The van der Waals surface area contributed by atoms with Crippen LogP contribution in [-0.4, -0.2) is 52.6 Å². The van der Waals surface area contributed by atoms with E-state index < -0.39 is 17.1 Å². The average molecular weight is 566 g/mol. The summed E-state index contributed by atoms with van der Waals surface area (Å²) in [7, 11) is 0. The molecule has 1 saturated heterocycles. The number of Topliss-reactive ketones (excluding diaryl/α,β-unsaturated/α-hetero) is 1. The summed E-state index contributed by atoms with van der Waals surface area (Å²) < 4.78 is 12.3. The second kappa shape index (κ2) is 12.4. The molecule has 1 spiro atoms. The SMILES string of the molecule is CCCCCCCCCCCCCCC(=O)Oc1ccc2c3c1O[C@H]1C(=O)CC[C@@]4(O)C(C2)N(CC2CC2)CC[C@]314. The lowest BCUT2D eigenvalue weighted by molar-refractivity contribution is -0.188. The zero-order chi connectivity index (χ0) is 28.5. The van der Waals surface area contributed by atoms with Crippen molar-refractivity contribution in [3.63, 3.8) is 0 Å². The Morgan fingerprint density at radius 3 is 2.37 bits per heavy atom. The lowest BCUT2D eigenvalue weighted by Gasteiger charge is -2.62. The highest BCUT2D eigenvalue weighted by Crippen LogP contribution is 2.65. The first-order valence-corrected chi connectivity index (χ1v) is 17.0. The minimum absolute atomic E-state index is 0.00805. The van der Waals surface area contributed by atoms with Crippen molar-refractivity contribution in [2.45, 2.75) is 152 Å². The fourth-order valence-electron chi connectivity index (χ4n) is 8.62. The maximum Gasteiger partial charge on any atom is 0.311 e. The Morgan fingerprint density at radius 2 is 1.68 bits per heavy atom. The number of esters is 1. The largest absolute Gasteiger partial charge is 0.477 e. The fourth-order valence-corrected chi connectivity index (χ4v) is 8.62. The summed E-state index contributed by atoms with van der Waals surface area (Å²) in [5.74, 6) is 1.54. The minimum atomic E-state index is -0.991. The van der Waals surface area contributed by atoms with Crippen LogP contribution in [0.4, 0.5) is 0 Å². The van der Waals surface area contributed by atoms with Crippen LogP contribution in [-0.2, 0) is 21.4 Å². The molecule has 0 amide bonds. The molecule has 6 nitrogen and oxygen atoms in total. The summed E-state index contributed by atoms with van der Waals surface area (Å²) in [6.45, 7) is 4.18. The van der Waals surface area contributed by atoms with Crippen LogP contribution in [0.1, 0.15) is 134 Å². The molecule has 3 fully saturated rings. The molecule has 0 radical (unpaired) electrons. The van der Waals surface area contributed by atoms with Crippen LogP contribution in [0.2, 0.25) is 0 Å². The fraction of sp³-hybridized carbons (Fsp3) is 0.771. The number of hydrogen-bond acceptors (Lipinski definition) is 6. The monoisotopic (exact) mass is 565 g/mol. The van der Waals surface area contributed by atoms with Gasteiger partial charge in [0, 0.05) is 31.0 Å². The number of likely N-dealkylation sites (tertiary alicyclic amines) is 1. The van der Waals surface area contributed by atoms with Crippen molar-refractivity contribution in [2.24, 2.45) is 5.92 Å². The number of ether oxygens (including phenoxy) is 2. The highest BCUT2D eigenvalue weighted by atomic mass is 16.6. The predicted octanol–water partition coefficient (Wildman–Crippen LogP) is 6.82. The number of piperidine rings is 1. The van der Waals surface area contributed by atoms with E-state index in [1.807, 2.05) is 6.07 Å². The molecule has 2 bridgehead atoms. The number of unbranched alkanes of at least 4 members (excludes halogenated alkanes) is 11. The molecule has 5 aliphatic rings. The summed E-state index contributed by atoms with van der Waals surface area (Å²) in [6.07, 6.45) is 19.6. The molecule has 2 aliphatic heterocycles. The lowest BCUT2D eigenvalue weighted by Crippen LogP contribution is -2.76. The lowest BCUT2D eigenvalue weighted by atomic mass is 9.49. The zero-order valence-corrected chi connectivity index (χ0v) is 25.3. The van der Waals surface area contributed by atoms with E-state index in [4.69, 9.17) is 9.47 Å². The highest BCUT2D eigenvalue weighted by molar-refractivity contribution is 5.90. The number of rotatable bonds is 16. The standard InChI is InChI=1S/C35H51NO5/c1-2-3-4-5-6-7-8-9-10-11-12-13-14-30(38)40-28-18-17-26-23-29-35(39)20-19-27(37)33-34(35,31(26)32(28)41-33)21-22-36(29)24-25-15-16-25/h17-18,25,29,33,39H,2-16,19-24H2,1H3/t29?,33-,34-,35+/m0/s1. The molecular formula is C35H51NO5. The van der Waals surface area contributed by atoms with Crippen LogP contribution in [0.25, 0.3) is 0 Å². The van der Waals surface area contributed by atoms with Crippen molar-refractivity contribution < 1.29 is 24.2 Å². The molecule has 1 aromatic rings. The first-order chi connectivity index (χ1) is 20.0. The Morgan fingerprint density at radius 1 is 1.00 bits per heavy atom. The maximum atomic E-state index is 13.2. The van der Waals surface area contributed by atoms with Crippen LogP contribution in [0.5, 0.6) is 11.5 Å². The third kappa shape index (κ3) is 5.48. The molecule has 41 heavy (non-hydrogen) atoms. The zero-order valence-electron chi connectivity index (χ0n) is 25.3. The Balaban J connectivity index is 1.04. The molecule has 1 unspecified atom stereocenters. The molecule has 6 rings (SSSR count). The number of hydrogen-bond donors (Lipinski definition) is 1. The summed E-state index contributed by atoms with van der Waals surface area (Å²) in [5, 5.41) is 12.4. The van der Waals surface area contributed by atoms with E-state index in [-0.39, 0.29) is 17.8 Å². The van der Waals surface area contributed by atoms with E-state index in [0.717, 1.165) is 49.4 Å². The topological polar surface area (TPSA) is 76.1 Å². The van der Waals surface area contributed by atoms with Gasteiger partial charge in [-0.05, 0) is 62.6 Å². The Kier molecular flexibility index (Phi) is 8.79. The van der Waals surface area contributed by atoms with Gasteiger partial charge in [-0.2, -0.15) is 0 Å². The van der Waals surface area contributed by atoms with Gasteiger partial charge in [-0.15, -0.1) is 0 Å². The number of carbonyl (C=O) groups excluding carboxylic acids is 2. The molecule has 1 N–H and O–H groups in total. The van der Waals surface area contributed by atoms with Gasteiger partial charge >= 0.3 is 5.97 Å². The van der Waals surface area contributed by atoms with Gasteiger partial charge in [-0.1, -0.05) is 83.6 Å². The Labute approximate surface area is 246 Å². The van der Waals surface area contributed by atoms with Gasteiger partial charge in [-0.25, -0.2) is 0 Å². The third-order valence-corrected chi connectivity index (χ3v) is 11.0. The minimum Gasteiger partial charge on any atom is -0.477 e. The van der Waals surface area contributed by atoms with Gasteiger partial charge < -0.3 is 14.6 Å². The molecule has 1 aromatic carbocycles. The van der Waals surface area contributed by atoms with Crippen LogP contribution in [0.3, 0.4) is 0 Å². The van der Waals surface area contributed by atoms with Crippen LogP contribution >= 0.6 is 0 Å². The van der Waals surface area contributed by atoms with Gasteiger partial charge in [0.15, 0.2) is 23.4 Å². The summed E-state index contributed by atoms with van der Waals surface area (Å²) >= 11 is 0. The second-order valence-corrected chi connectivity index (χ2v) is 13.8. The summed E-state index contributed by atoms with van der Waals surface area (Å²) in [5.41, 5.74) is 0.381. The number of aliphatic hydroxyl groups is 1. The van der Waals surface area contributed by atoms with Gasteiger partial charge in [0.1, 0.15) is 0 Å². The number of carbonyl (C=O) groups is 2. The average Bonchev–Trinajstić information content (AvgIpc) is 3.70. The molecule has 2 heterocycles. The van der Waals surface area contributed by atoms with Gasteiger partial charge in [0.25, 0.3) is 0 Å². The normalized spacial score (nSPS) is 29.8. The van der Waals surface area contributed by atoms with Crippen molar-refractivity contribution in [2.75, 3.05) is 13.1 Å². The van der Waals surface area contributed by atoms with Crippen molar-refractivity contribution in [1.29, 1.82) is 0 Å². The highest BCUT2D eigenvalue weighted by Gasteiger charge is 2.73. The molecule has 6 heteroatoms. The van der Waals surface area contributed by atoms with Crippen LogP contribution in [0.15, 0.2) is 12.1 Å². The van der Waals surface area contributed by atoms with E-state index in [0.29, 0.717) is 37.2 Å². The number of ketones is 1. The quantitative estimate of drug-likeness (QED) is 0.135. The summed E-state index contributed by atoms with van der Waals surface area (Å²) in [6, 6.07) is 3.93. The van der Waals surface area contributed by atoms with Crippen LogP contribution in [0, 0.1) is 5.92 Å². The van der Waals surface area contributed by atoms with Crippen molar-refractivity contribution in [3.8, 4) is 11.5 Å². The van der Waals surface area contributed by atoms with E-state index in [1.165, 1.54) is 77.0 Å². The van der Waals surface area contributed by atoms with Gasteiger partial charge in [0.2, 0.25) is 0 Å². The van der Waals surface area contributed by atoms with Crippen LogP contribution < -0.4 is 9.47 Å². The van der Waals surface area contributed by atoms with E-state index in [2.05, 4.69) is 17.9 Å². The van der Waals surface area contributed by atoms with Crippen molar-refractivity contribution >= 4 is 11.8 Å². The van der Waals surface area contributed by atoms with E-state index in [9.17, 15) is 14.7 Å². The molecule has 2 saturated carbocycles. The smallest absolute Gasteiger partial charge is 0.311 e. The first kappa shape index (κ1) is 29.2. The Bertz CT molecular complexity index is 1110. The van der Waals surface area contributed by atoms with E-state index >= 15 is 0 Å². The summed E-state index contributed by atoms with van der Waals surface area (Å²) in [4.78, 5) is 28.6. The molecular weight excluding hydrogens is 514 g/mol. The second-order valence-electron chi connectivity index (χ2n) is 13.8. The third-order valence-electron chi connectivity index (χ3n) is 11.0. The number of benzene rings is 1. The van der Waals surface area contributed by atoms with Crippen molar-refractivity contribution in [1.82, 2.24) is 4.90 Å². The molecule has 4 atom stereocenters. The maximum absolute atomic E-state index is 13.2. The van der Waals surface area contributed by atoms with E-state index in [1.54, 1.807) is 0 Å². The molecule has 3 aliphatic carbocycles. The molecule has 0 aromatic heterocycles. The Hall–Kier alpha value is -1.92. The first-order valence-electron chi connectivity index (χ1n) is 17.0. The number of nitrogens with zero attached hydrogens (tertiary/aromatic N) is 1. The van der Waals surface area contributed by atoms with Gasteiger partial charge in [-0.3, -0.25) is 14.5 Å².